The van der Waals surface area contributed by atoms with Gasteiger partial charge in [-0.2, -0.15) is 0 Å². The largest absolute Gasteiger partial charge is 0.349 e. The Balaban J connectivity index is 1.83. The van der Waals surface area contributed by atoms with Crippen LogP contribution in [0, 0.1) is 6.92 Å². The summed E-state index contributed by atoms with van der Waals surface area (Å²) in [7, 11) is 0. The Labute approximate surface area is 112 Å². The lowest BCUT2D eigenvalue weighted by Gasteiger charge is -2.14. The van der Waals surface area contributed by atoms with E-state index in [1.165, 1.54) is 12.8 Å². The third kappa shape index (κ3) is 3.65. The molecule has 0 aliphatic carbocycles. The molecule has 0 saturated carbocycles. The van der Waals surface area contributed by atoms with Crippen LogP contribution in [0.1, 0.15) is 29.0 Å². The van der Waals surface area contributed by atoms with Gasteiger partial charge in [-0.3, -0.25) is 4.79 Å². The van der Waals surface area contributed by atoms with Gasteiger partial charge in [0, 0.05) is 18.8 Å². The van der Waals surface area contributed by atoms with Crippen LogP contribution in [-0.2, 0) is 0 Å². The summed E-state index contributed by atoms with van der Waals surface area (Å²) < 4.78 is 0. The van der Waals surface area contributed by atoms with Crippen molar-refractivity contribution in [3.8, 4) is 0 Å². The summed E-state index contributed by atoms with van der Waals surface area (Å²) in [6.07, 6.45) is 2.52. The van der Waals surface area contributed by atoms with Crippen molar-refractivity contribution in [1.82, 2.24) is 20.2 Å². The lowest BCUT2D eigenvalue weighted by Crippen LogP contribution is -2.33. The molecule has 1 fully saturated rings. The van der Waals surface area contributed by atoms with Crippen molar-refractivity contribution in [3.05, 3.63) is 22.7 Å². The van der Waals surface area contributed by atoms with E-state index in [1.54, 1.807) is 13.0 Å². The zero-order valence-corrected chi connectivity index (χ0v) is 11.2. The van der Waals surface area contributed by atoms with Gasteiger partial charge in [-0.1, -0.05) is 0 Å². The first-order valence-corrected chi connectivity index (χ1v) is 6.55. The van der Waals surface area contributed by atoms with Gasteiger partial charge in [0.2, 0.25) is 5.28 Å². The Morgan fingerprint density at radius 2 is 2.17 bits per heavy atom. The van der Waals surface area contributed by atoms with Crippen LogP contribution in [0.25, 0.3) is 0 Å². The third-order valence-corrected chi connectivity index (χ3v) is 3.14. The average molecular weight is 269 g/mol. The van der Waals surface area contributed by atoms with Crippen LogP contribution >= 0.6 is 11.6 Å². The normalized spacial score (nSPS) is 15.9. The molecule has 0 radical (unpaired) electrons. The van der Waals surface area contributed by atoms with Gasteiger partial charge in [-0.25, -0.2) is 9.97 Å². The van der Waals surface area contributed by atoms with Crippen molar-refractivity contribution >= 4 is 17.5 Å². The van der Waals surface area contributed by atoms with Crippen molar-refractivity contribution in [3.63, 3.8) is 0 Å². The second kappa shape index (κ2) is 6.11. The van der Waals surface area contributed by atoms with E-state index >= 15 is 0 Å². The van der Waals surface area contributed by atoms with Crippen molar-refractivity contribution in [2.24, 2.45) is 0 Å². The summed E-state index contributed by atoms with van der Waals surface area (Å²) in [6, 6.07) is 1.64. The van der Waals surface area contributed by atoms with Gasteiger partial charge in [0.15, 0.2) is 0 Å². The first-order chi connectivity index (χ1) is 8.65. The van der Waals surface area contributed by atoms with Gasteiger partial charge in [-0.05, 0) is 50.5 Å². The number of hydrogen-bond acceptors (Lipinski definition) is 4. The zero-order chi connectivity index (χ0) is 13.0. The smallest absolute Gasteiger partial charge is 0.270 e. The summed E-state index contributed by atoms with van der Waals surface area (Å²) in [5, 5.41) is 2.96. The van der Waals surface area contributed by atoms with Crippen LogP contribution in [-0.4, -0.2) is 47.0 Å². The van der Waals surface area contributed by atoms with Crippen molar-refractivity contribution in [1.29, 1.82) is 0 Å². The molecule has 0 bridgehead atoms. The van der Waals surface area contributed by atoms with Gasteiger partial charge in [0.05, 0.1) is 0 Å². The number of halogens is 1. The number of rotatable bonds is 4. The maximum absolute atomic E-state index is 11.8. The molecule has 1 N–H and O–H groups in total. The van der Waals surface area contributed by atoms with E-state index in [9.17, 15) is 4.79 Å². The van der Waals surface area contributed by atoms with Crippen molar-refractivity contribution in [2.75, 3.05) is 26.2 Å². The molecule has 6 heteroatoms. The van der Waals surface area contributed by atoms with Crippen LogP contribution in [0.2, 0.25) is 5.28 Å². The first-order valence-electron chi connectivity index (χ1n) is 6.17. The Kier molecular flexibility index (Phi) is 4.49. The number of nitrogens with zero attached hydrogens (tertiary/aromatic N) is 3. The number of nitrogens with one attached hydrogen (secondary N) is 1. The molecule has 5 nitrogen and oxygen atoms in total. The summed E-state index contributed by atoms with van der Waals surface area (Å²) in [5.41, 5.74) is 1.02. The number of carbonyl (C=O) groups excluding carboxylic acids is 1. The Bertz CT molecular complexity index is 412. The highest BCUT2D eigenvalue weighted by Crippen LogP contribution is 2.06. The molecule has 1 aliphatic rings. The lowest BCUT2D eigenvalue weighted by atomic mass is 10.3. The molecular formula is C12H17ClN4O. The Morgan fingerprint density at radius 1 is 1.44 bits per heavy atom. The van der Waals surface area contributed by atoms with Crippen LogP contribution < -0.4 is 5.32 Å². The first kappa shape index (κ1) is 13.2. The van der Waals surface area contributed by atoms with E-state index in [1.807, 2.05) is 0 Å². The highest BCUT2D eigenvalue weighted by molar-refractivity contribution is 6.28. The molecule has 0 spiro atoms. The number of aryl methyl sites for hydroxylation is 1. The van der Waals surface area contributed by atoms with E-state index in [2.05, 4.69) is 20.2 Å². The summed E-state index contributed by atoms with van der Waals surface area (Å²) in [4.78, 5) is 22.0. The van der Waals surface area contributed by atoms with E-state index in [-0.39, 0.29) is 11.2 Å². The second-order valence-electron chi connectivity index (χ2n) is 4.47. The summed E-state index contributed by atoms with van der Waals surface area (Å²) in [6.45, 7) is 5.58. The highest BCUT2D eigenvalue weighted by atomic mass is 35.5. The molecule has 0 aromatic carbocycles. The molecule has 98 valence electrons. The predicted molar refractivity (Wildman–Crippen MR) is 69.8 cm³/mol. The SMILES string of the molecule is Cc1cc(C(=O)NCCN2CCCC2)nc(Cl)n1. The zero-order valence-electron chi connectivity index (χ0n) is 10.4. The fourth-order valence-electron chi connectivity index (χ4n) is 2.07. The topological polar surface area (TPSA) is 58.1 Å². The van der Waals surface area contributed by atoms with Gasteiger partial charge in [0.1, 0.15) is 5.69 Å². The van der Waals surface area contributed by atoms with Crippen LogP contribution in [0.15, 0.2) is 6.07 Å². The Hall–Kier alpha value is -1.20. The number of carbonyl (C=O) groups is 1. The predicted octanol–water partition coefficient (Wildman–Crippen LogP) is 1.26. The summed E-state index contributed by atoms with van der Waals surface area (Å²) in [5.74, 6) is -0.193. The maximum atomic E-state index is 11.8. The molecule has 1 saturated heterocycles. The molecular weight excluding hydrogens is 252 g/mol. The number of likely N-dealkylation sites (tertiary alicyclic amines) is 1. The molecule has 0 atom stereocenters. The van der Waals surface area contributed by atoms with Gasteiger partial charge in [-0.15, -0.1) is 0 Å². The van der Waals surface area contributed by atoms with Crippen LogP contribution in [0.3, 0.4) is 0 Å². The lowest BCUT2D eigenvalue weighted by molar-refractivity contribution is 0.0944. The van der Waals surface area contributed by atoms with Gasteiger partial charge < -0.3 is 10.2 Å². The maximum Gasteiger partial charge on any atom is 0.270 e. The van der Waals surface area contributed by atoms with Crippen molar-refractivity contribution in [2.45, 2.75) is 19.8 Å². The minimum Gasteiger partial charge on any atom is -0.349 e. The van der Waals surface area contributed by atoms with Crippen LogP contribution in [0.4, 0.5) is 0 Å². The van der Waals surface area contributed by atoms with E-state index < -0.39 is 0 Å². The van der Waals surface area contributed by atoms with E-state index in [0.717, 1.165) is 19.6 Å². The average Bonchev–Trinajstić information content (AvgIpc) is 2.80. The molecule has 2 heterocycles. The summed E-state index contributed by atoms with van der Waals surface area (Å²) >= 11 is 5.72. The number of hydrogen-bond donors (Lipinski definition) is 1. The van der Waals surface area contributed by atoms with E-state index in [4.69, 9.17) is 11.6 Å². The number of aromatic nitrogens is 2. The quantitative estimate of drug-likeness (QED) is 0.836. The fourth-order valence-corrected chi connectivity index (χ4v) is 2.30. The standard InChI is InChI=1S/C12H17ClN4O/c1-9-8-10(16-12(13)15-9)11(18)14-4-7-17-5-2-3-6-17/h8H,2-7H2,1H3,(H,14,18). The van der Waals surface area contributed by atoms with Crippen LogP contribution in [0.5, 0.6) is 0 Å². The Morgan fingerprint density at radius 3 is 2.83 bits per heavy atom. The third-order valence-electron chi connectivity index (χ3n) is 2.97. The molecule has 2 rings (SSSR count). The molecule has 18 heavy (non-hydrogen) atoms. The van der Waals surface area contributed by atoms with Gasteiger partial charge >= 0.3 is 0 Å². The fraction of sp³-hybridized carbons (Fsp3) is 0.583. The van der Waals surface area contributed by atoms with E-state index in [0.29, 0.717) is 17.9 Å². The molecule has 1 aromatic heterocycles. The molecule has 0 unspecified atom stereocenters. The molecule has 1 aliphatic heterocycles. The molecule has 1 amide bonds. The van der Waals surface area contributed by atoms with Crippen molar-refractivity contribution < 1.29 is 4.79 Å². The monoisotopic (exact) mass is 268 g/mol. The highest BCUT2D eigenvalue weighted by Gasteiger charge is 2.13. The molecule has 1 aromatic rings. The second-order valence-corrected chi connectivity index (χ2v) is 4.81. The van der Waals surface area contributed by atoms with Gasteiger partial charge in [0.25, 0.3) is 5.91 Å². The minimum absolute atomic E-state index is 0.111. The minimum atomic E-state index is -0.193. The number of amides is 1.